The van der Waals surface area contributed by atoms with Crippen LogP contribution in [0, 0.1) is 0 Å². The fourth-order valence-electron chi connectivity index (χ4n) is 2.41. The summed E-state index contributed by atoms with van der Waals surface area (Å²) in [6, 6.07) is 18.6. The van der Waals surface area contributed by atoms with Gasteiger partial charge in [-0.2, -0.15) is 0 Å². The number of fused-ring (bicyclic) bond motifs is 1. The van der Waals surface area contributed by atoms with Gasteiger partial charge in [0.25, 0.3) is 0 Å². The maximum absolute atomic E-state index is 5.87. The first-order chi connectivity index (χ1) is 10.7. The van der Waals surface area contributed by atoms with Crippen molar-refractivity contribution >= 4 is 23.3 Å². The number of hydrogen-bond donors (Lipinski definition) is 0. The Kier molecular flexibility index (Phi) is 6.02. The van der Waals surface area contributed by atoms with E-state index in [9.17, 15) is 0 Å². The third kappa shape index (κ3) is 4.24. The Hall–Kier alpha value is -2.04. The standard InChI is InChI=1S/C18H21N3O.ClH/c1-20(2)12-13-22-18-16-10-6-7-11-17(16)21(19-18)14-15-8-4-3-5-9-15;/h3-11H,12-14H2,1-2H3;1H. The normalized spacial score (nSPS) is 10.7. The first kappa shape index (κ1) is 17.3. The molecule has 0 radical (unpaired) electrons. The minimum atomic E-state index is 0. The van der Waals surface area contributed by atoms with Crippen LogP contribution in [0.15, 0.2) is 54.6 Å². The van der Waals surface area contributed by atoms with Crippen LogP contribution in [0.3, 0.4) is 0 Å². The van der Waals surface area contributed by atoms with Crippen LogP contribution < -0.4 is 4.74 Å². The Morgan fingerprint density at radius 3 is 2.43 bits per heavy atom. The molecule has 1 heterocycles. The number of hydrogen-bond acceptors (Lipinski definition) is 3. The van der Waals surface area contributed by atoms with E-state index in [4.69, 9.17) is 4.74 Å². The topological polar surface area (TPSA) is 30.3 Å². The minimum Gasteiger partial charge on any atom is -0.475 e. The Bertz CT molecular complexity index is 740. The lowest BCUT2D eigenvalue weighted by atomic mass is 10.2. The SMILES string of the molecule is CN(C)CCOc1nn(Cc2ccccc2)c2ccccc12.Cl. The van der Waals surface area contributed by atoms with Crippen LogP contribution in [0.5, 0.6) is 5.88 Å². The lowest BCUT2D eigenvalue weighted by molar-refractivity contribution is 0.254. The fourth-order valence-corrected chi connectivity index (χ4v) is 2.41. The van der Waals surface area contributed by atoms with Crippen molar-refractivity contribution in [3.8, 4) is 5.88 Å². The largest absolute Gasteiger partial charge is 0.475 e. The van der Waals surface area contributed by atoms with Crippen LogP contribution in [-0.2, 0) is 6.54 Å². The van der Waals surface area contributed by atoms with Gasteiger partial charge in [-0.3, -0.25) is 4.68 Å². The maximum atomic E-state index is 5.87. The highest BCUT2D eigenvalue weighted by Gasteiger charge is 2.11. The van der Waals surface area contributed by atoms with Crippen molar-refractivity contribution in [1.82, 2.24) is 14.7 Å². The Morgan fingerprint density at radius 1 is 1.00 bits per heavy atom. The highest BCUT2D eigenvalue weighted by atomic mass is 35.5. The van der Waals surface area contributed by atoms with Gasteiger partial charge in [-0.15, -0.1) is 17.5 Å². The number of nitrogens with zero attached hydrogens (tertiary/aromatic N) is 3. The number of ether oxygens (including phenoxy) is 1. The highest BCUT2D eigenvalue weighted by molar-refractivity contribution is 5.85. The van der Waals surface area contributed by atoms with Crippen LogP contribution in [0.1, 0.15) is 5.56 Å². The number of aromatic nitrogens is 2. The van der Waals surface area contributed by atoms with Gasteiger partial charge < -0.3 is 9.64 Å². The molecule has 4 nitrogen and oxygen atoms in total. The second kappa shape index (κ2) is 7.99. The van der Waals surface area contributed by atoms with Crippen LogP contribution in [0.4, 0.5) is 0 Å². The van der Waals surface area contributed by atoms with Crippen LogP contribution in [-0.4, -0.2) is 41.9 Å². The molecule has 0 unspecified atom stereocenters. The molecule has 0 fully saturated rings. The summed E-state index contributed by atoms with van der Waals surface area (Å²) < 4.78 is 7.88. The lowest BCUT2D eigenvalue weighted by Gasteiger charge is -2.09. The van der Waals surface area contributed by atoms with Crippen molar-refractivity contribution in [3.63, 3.8) is 0 Å². The molecule has 23 heavy (non-hydrogen) atoms. The van der Waals surface area contributed by atoms with Crippen LogP contribution in [0.2, 0.25) is 0 Å². The Balaban J connectivity index is 0.00000192. The average molecular weight is 332 g/mol. The van der Waals surface area contributed by atoms with E-state index in [0.717, 1.165) is 24.0 Å². The van der Waals surface area contributed by atoms with Gasteiger partial charge in [0.05, 0.1) is 17.4 Å². The van der Waals surface area contributed by atoms with E-state index in [-0.39, 0.29) is 12.4 Å². The van der Waals surface area contributed by atoms with E-state index in [1.807, 2.05) is 37.0 Å². The van der Waals surface area contributed by atoms with E-state index >= 15 is 0 Å². The molecule has 0 N–H and O–H groups in total. The van der Waals surface area contributed by atoms with Crippen molar-refractivity contribution in [2.24, 2.45) is 0 Å². The lowest BCUT2D eigenvalue weighted by Crippen LogP contribution is -2.19. The van der Waals surface area contributed by atoms with Crippen LogP contribution in [0.25, 0.3) is 10.9 Å². The van der Waals surface area contributed by atoms with Gasteiger partial charge in [-0.25, -0.2) is 0 Å². The van der Waals surface area contributed by atoms with Crippen LogP contribution >= 0.6 is 12.4 Å². The molecule has 0 saturated heterocycles. The predicted octanol–water partition coefficient (Wildman–Crippen LogP) is 3.45. The molecule has 0 aliphatic rings. The molecule has 1 aromatic heterocycles. The molecule has 122 valence electrons. The summed E-state index contributed by atoms with van der Waals surface area (Å²) in [6.45, 7) is 2.26. The third-order valence-electron chi connectivity index (χ3n) is 3.58. The van der Waals surface area contributed by atoms with Gasteiger partial charge in [-0.1, -0.05) is 42.5 Å². The molecule has 0 saturated carbocycles. The smallest absolute Gasteiger partial charge is 0.240 e. The van der Waals surface area contributed by atoms with Gasteiger partial charge in [0.1, 0.15) is 6.61 Å². The Morgan fingerprint density at radius 2 is 1.70 bits per heavy atom. The number of benzene rings is 2. The van der Waals surface area contributed by atoms with Crippen molar-refractivity contribution in [2.75, 3.05) is 27.2 Å². The summed E-state index contributed by atoms with van der Waals surface area (Å²) in [5.74, 6) is 0.716. The van der Waals surface area contributed by atoms with Gasteiger partial charge in [0.2, 0.25) is 5.88 Å². The van der Waals surface area contributed by atoms with Crippen molar-refractivity contribution in [3.05, 3.63) is 60.2 Å². The van der Waals surface area contributed by atoms with E-state index in [0.29, 0.717) is 12.5 Å². The zero-order chi connectivity index (χ0) is 15.4. The van der Waals surface area contributed by atoms with Crippen molar-refractivity contribution < 1.29 is 4.74 Å². The number of halogens is 1. The molecule has 0 spiro atoms. The summed E-state index contributed by atoms with van der Waals surface area (Å²) in [4.78, 5) is 2.10. The van der Waals surface area contributed by atoms with E-state index < -0.39 is 0 Å². The summed E-state index contributed by atoms with van der Waals surface area (Å²) in [5, 5.41) is 5.72. The predicted molar refractivity (Wildman–Crippen MR) is 96.6 cm³/mol. The van der Waals surface area contributed by atoms with Gasteiger partial charge in [0.15, 0.2) is 0 Å². The summed E-state index contributed by atoms with van der Waals surface area (Å²) in [5.41, 5.74) is 2.34. The molecule has 0 atom stereocenters. The first-order valence-electron chi connectivity index (χ1n) is 7.51. The van der Waals surface area contributed by atoms with Gasteiger partial charge in [0, 0.05) is 6.54 Å². The second-order valence-corrected chi connectivity index (χ2v) is 5.62. The minimum absolute atomic E-state index is 0. The zero-order valence-corrected chi connectivity index (χ0v) is 14.3. The average Bonchev–Trinajstić information content (AvgIpc) is 2.86. The highest BCUT2D eigenvalue weighted by Crippen LogP contribution is 2.25. The van der Waals surface area contributed by atoms with Crippen molar-refractivity contribution in [1.29, 1.82) is 0 Å². The fraction of sp³-hybridized carbons (Fsp3) is 0.278. The van der Waals surface area contributed by atoms with Gasteiger partial charge in [-0.05, 0) is 31.8 Å². The summed E-state index contributed by atoms with van der Waals surface area (Å²) in [7, 11) is 4.07. The Labute approximate surface area is 143 Å². The third-order valence-corrected chi connectivity index (χ3v) is 3.58. The monoisotopic (exact) mass is 331 g/mol. The molecule has 0 aliphatic carbocycles. The van der Waals surface area contributed by atoms with Crippen molar-refractivity contribution in [2.45, 2.75) is 6.54 Å². The number of likely N-dealkylation sites (N-methyl/N-ethyl adjacent to an activating group) is 1. The summed E-state index contributed by atoms with van der Waals surface area (Å²) >= 11 is 0. The molecular formula is C18H22ClN3O. The molecule has 0 bridgehead atoms. The molecule has 5 heteroatoms. The molecule has 2 aromatic carbocycles. The second-order valence-electron chi connectivity index (χ2n) is 5.62. The molecule has 3 rings (SSSR count). The first-order valence-corrected chi connectivity index (χ1v) is 7.51. The van der Waals surface area contributed by atoms with E-state index in [1.54, 1.807) is 0 Å². The quantitative estimate of drug-likeness (QED) is 0.693. The van der Waals surface area contributed by atoms with Gasteiger partial charge >= 0.3 is 0 Å². The summed E-state index contributed by atoms with van der Waals surface area (Å²) in [6.07, 6.45) is 0. The van der Waals surface area contributed by atoms with E-state index in [1.165, 1.54) is 5.56 Å². The molecular weight excluding hydrogens is 310 g/mol. The zero-order valence-electron chi connectivity index (χ0n) is 13.5. The molecule has 3 aromatic rings. The molecule has 0 amide bonds. The number of para-hydroxylation sites is 1. The maximum Gasteiger partial charge on any atom is 0.240 e. The van der Waals surface area contributed by atoms with E-state index in [2.05, 4.69) is 46.4 Å². The molecule has 0 aliphatic heterocycles. The number of rotatable bonds is 6.